The van der Waals surface area contributed by atoms with Gasteiger partial charge in [0.25, 0.3) is 0 Å². The van der Waals surface area contributed by atoms with Crippen LogP contribution in [0.15, 0.2) is 67.6 Å². The van der Waals surface area contributed by atoms with Gasteiger partial charge in [0.2, 0.25) is 11.7 Å². The summed E-state index contributed by atoms with van der Waals surface area (Å²) in [7, 11) is 0. The first-order valence-corrected chi connectivity index (χ1v) is 12.4. The number of thioether (sulfide) groups is 1. The van der Waals surface area contributed by atoms with Crippen LogP contribution in [0.4, 0.5) is 5.69 Å². The van der Waals surface area contributed by atoms with E-state index in [2.05, 4.69) is 54.0 Å². The van der Waals surface area contributed by atoms with Crippen LogP contribution in [0, 0.1) is 13.8 Å². The lowest BCUT2D eigenvalue weighted by Gasteiger charge is -2.12. The van der Waals surface area contributed by atoms with Gasteiger partial charge in [-0.1, -0.05) is 49.7 Å². The van der Waals surface area contributed by atoms with E-state index in [1.54, 1.807) is 6.08 Å². The SMILES string of the molecule is C=CCn1c(SCC(=O)Nc2ccc(Br)c(C)c2C)nnc1-c1cc2cc(Br)ccc2o1. The van der Waals surface area contributed by atoms with Gasteiger partial charge in [-0.15, -0.1) is 16.8 Å². The number of carbonyl (C=O) groups excluding carboxylic acids is 1. The van der Waals surface area contributed by atoms with E-state index in [0.29, 0.717) is 23.3 Å². The second-order valence-electron chi connectivity index (χ2n) is 7.18. The van der Waals surface area contributed by atoms with Crippen LogP contribution >= 0.6 is 43.6 Å². The first kappa shape index (κ1) is 22.8. The number of benzene rings is 2. The van der Waals surface area contributed by atoms with Crippen LogP contribution in [0.2, 0.25) is 0 Å². The molecule has 0 atom stereocenters. The molecule has 0 unspecified atom stereocenters. The molecule has 2 heterocycles. The van der Waals surface area contributed by atoms with Crippen LogP contribution in [-0.4, -0.2) is 26.4 Å². The maximum absolute atomic E-state index is 12.6. The van der Waals surface area contributed by atoms with Crippen LogP contribution in [0.1, 0.15) is 11.1 Å². The van der Waals surface area contributed by atoms with E-state index in [0.717, 1.165) is 36.7 Å². The van der Waals surface area contributed by atoms with Crippen molar-refractivity contribution >= 4 is 66.2 Å². The molecule has 4 aromatic rings. The monoisotopic (exact) mass is 574 g/mol. The van der Waals surface area contributed by atoms with Crippen molar-refractivity contribution in [3.63, 3.8) is 0 Å². The maximum Gasteiger partial charge on any atom is 0.234 e. The van der Waals surface area contributed by atoms with Crippen molar-refractivity contribution in [1.29, 1.82) is 0 Å². The molecule has 2 aromatic carbocycles. The van der Waals surface area contributed by atoms with Gasteiger partial charge in [-0.2, -0.15) is 0 Å². The molecule has 0 radical (unpaired) electrons. The molecule has 0 saturated heterocycles. The molecule has 164 valence electrons. The van der Waals surface area contributed by atoms with Gasteiger partial charge in [-0.3, -0.25) is 9.36 Å². The lowest BCUT2D eigenvalue weighted by Crippen LogP contribution is -2.15. The first-order chi connectivity index (χ1) is 15.4. The number of anilines is 1. The molecule has 6 nitrogen and oxygen atoms in total. The molecule has 0 fully saturated rings. The first-order valence-electron chi connectivity index (χ1n) is 9.79. The van der Waals surface area contributed by atoms with Gasteiger partial charge in [0, 0.05) is 26.6 Å². The summed E-state index contributed by atoms with van der Waals surface area (Å²) in [4.78, 5) is 12.6. The van der Waals surface area contributed by atoms with E-state index >= 15 is 0 Å². The Balaban J connectivity index is 1.53. The van der Waals surface area contributed by atoms with Gasteiger partial charge in [-0.05, 0) is 61.4 Å². The van der Waals surface area contributed by atoms with Crippen LogP contribution < -0.4 is 5.32 Å². The molecule has 0 aliphatic carbocycles. The molecule has 4 rings (SSSR count). The number of nitrogens with zero attached hydrogens (tertiary/aromatic N) is 3. The minimum atomic E-state index is -0.108. The van der Waals surface area contributed by atoms with Crippen molar-refractivity contribution < 1.29 is 9.21 Å². The highest BCUT2D eigenvalue weighted by atomic mass is 79.9. The Bertz CT molecular complexity index is 1330. The zero-order valence-electron chi connectivity index (χ0n) is 17.5. The van der Waals surface area contributed by atoms with Crippen molar-refractivity contribution in [2.24, 2.45) is 0 Å². The Labute approximate surface area is 206 Å². The summed E-state index contributed by atoms with van der Waals surface area (Å²) in [5, 5.41) is 13.2. The number of halogens is 2. The molecule has 0 bridgehead atoms. The zero-order valence-corrected chi connectivity index (χ0v) is 21.5. The predicted octanol–water partition coefficient (Wildman–Crippen LogP) is 6.75. The van der Waals surface area contributed by atoms with Gasteiger partial charge < -0.3 is 9.73 Å². The van der Waals surface area contributed by atoms with Gasteiger partial charge >= 0.3 is 0 Å². The van der Waals surface area contributed by atoms with E-state index < -0.39 is 0 Å². The highest BCUT2D eigenvalue weighted by Gasteiger charge is 2.18. The second-order valence-corrected chi connectivity index (χ2v) is 9.89. The summed E-state index contributed by atoms with van der Waals surface area (Å²) in [5.74, 6) is 1.31. The van der Waals surface area contributed by atoms with E-state index in [4.69, 9.17) is 4.42 Å². The summed E-state index contributed by atoms with van der Waals surface area (Å²) in [6.07, 6.45) is 1.77. The number of rotatable bonds is 7. The van der Waals surface area contributed by atoms with Gasteiger partial charge in [-0.25, -0.2) is 0 Å². The molecule has 0 spiro atoms. The summed E-state index contributed by atoms with van der Waals surface area (Å²) >= 11 is 8.32. The van der Waals surface area contributed by atoms with Crippen LogP contribution in [0.3, 0.4) is 0 Å². The number of hydrogen-bond donors (Lipinski definition) is 1. The molecular formula is C23H20Br2N4O2S. The van der Waals surface area contributed by atoms with Crippen LogP contribution in [0.25, 0.3) is 22.6 Å². The average Bonchev–Trinajstić information content (AvgIpc) is 3.36. The average molecular weight is 576 g/mol. The molecule has 0 aliphatic heterocycles. The quantitative estimate of drug-likeness (QED) is 0.195. The van der Waals surface area contributed by atoms with Gasteiger partial charge in [0.15, 0.2) is 10.9 Å². The van der Waals surface area contributed by atoms with E-state index in [1.165, 1.54) is 11.8 Å². The van der Waals surface area contributed by atoms with Crippen LogP contribution in [0.5, 0.6) is 0 Å². The smallest absolute Gasteiger partial charge is 0.234 e. The molecule has 1 N–H and O–H groups in total. The van der Waals surface area contributed by atoms with E-state index in [-0.39, 0.29) is 11.7 Å². The number of carbonyl (C=O) groups is 1. The number of amides is 1. The van der Waals surface area contributed by atoms with Crippen molar-refractivity contribution in [2.75, 3.05) is 11.1 Å². The fourth-order valence-electron chi connectivity index (χ4n) is 3.24. The summed E-state index contributed by atoms with van der Waals surface area (Å²) < 4.78 is 9.87. The summed E-state index contributed by atoms with van der Waals surface area (Å²) in [6.45, 7) is 8.34. The van der Waals surface area contributed by atoms with Crippen molar-refractivity contribution in [1.82, 2.24) is 14.8 Å². The Morgan fingerprint density at radius 2 is 2.00 bits per heavy atom. The van der Waals surface area contributed by atoms with Crippen molar-refractivity contribution in [3.8, 4) is 11.6 Å². The molecular weight excluding hydrogens is 556 g/mol. The third-order valence-corrected chi connectivity index (χ3v) is 7.37. The molecule has 9 heteroatoms. The summed E-state index contributed by atoms with van der Waals surface area (Å²) in [5.41, 5.74) is 3.71. The highest BCUT2D eigenvalue weighted by Crippen LogP contribution is 2.31. The summed E-state index contributed by atoms with van der Waals surface area (Å²) in [6, 6.07) is 11.6. The minimum Gasteiger partial charge on any atom is -0.453 e. The highest BCUT2D eigenvalue weighted by molar-refractivity contribution is 9.10. The molecule has 0 aliphatic rings. The fraction of sp³-hybridized carbons (Fsp3) is 0.174. The third-order valence-electron chi connectivity index (χ3n) is 5.05. The van der Waals surface area contributed by atoms with Gasteiger partial charge in [0.1, 0.15) is 5.58 Å². The molecule has 32 heavy (non-hydrogen) atoms. The zero-order chi connectivity index (χ0) is 22.8. The number of fused-ring (bicyclic) bond motifs is 1. The Morgan fingerprint density at radius 1 is 1.19 bits per heavy atom. The van der Waals surface area contributed by atoms with Crippen LogP contribution in [-0.2, 0) is 11.3 Å². The topological polar surface area (TPSA) is 73.0 Å². The van der Waals surface area contributed by atoms with Crippen molar-refractivity contribution in [3.05, 3.63) is 69.1 Å². The van der Waals surface area contributed by atoms with Crippen molar-refractivity contribution in [2.45, 2.75) is 25.5 Å². The second kappa shape index (κ2) is 9.64. The predicted molar refractivity (Wildman–Crippen MR) is 136 cm³/mol. The Morgan fingerprint density at radius 3 is 2.78 bits per heavy atom. The van der Waals surface area contributed by atoms with E-state index in [1.807, 2.05) is 54.8 Å². The fourth-order valence-corrected chi connectivity index (χ4v) is 4.79. The van der Waals surface area contributed by atoms with E-state index in [9.17, 15) is 4.79 Å². The molecule has 1 amide bonds. The lowest BCUT2D eigenvalue weighted by atomic mass is 10.1. The standard InChI is InChI=1S/C23H20Br2N4O2S/c1-4-9-29-22(20-11-15-10-16(24)5-8-19(15)31-20)27-28-23(29)32-12-21(30)26-18-7-6-17(25)13(2)14(18)3/h4-8,10-11H,1,9,12H2,2-3H3,(H,26,30). The number of nitrogens with one attached hydrogen (secondary N) is 1. The number of allylic oxidation sites excluding steroid dienone is 1. The number of furan rings is 1. The van der Waals surface area contributed by atoms with Gasteiger partial charge in [0.05, 0.1) is 5.75 Å². The largest absolute Gasteiger partial charge is 0.453 e. The lowest BCUT2D eigenvalue weighted by molar-refractivity contribution is -0.113. The molecule has 2 aromatic heterocycles. The third kappa shape index (κ3) is 4.69. The number of hydrogen-bond acceptors (Lipinski definition) is 5. The molecule has 0 saturated carbocycles. The Kier molecular flexibility index (Phi) is 6.88. The minimum absolute atomic E-state index is 0.108. The number of aromatic nitrogens is 3. The normalized spacial score (nSPS) is 11.1. The Hall–Kier alpha value is -2.36. The maximum atomic E-state index is 12.6.